The number of fused-ring (bicyclic) bond motifs is 1. The molecule has 2 aromatic carbocycles. The van der Waals surface area contributed by atoms with E-state index in [1.165, 1.54) is 0 Å². The average molecular weight is 508 g/mol. The van der Waals surface area contributed by atoms with Gasteiger partial charge in [-0.15, -0.1) is 10.2 Å². The summed E-state index contributed by atoms with van der Waals surface area (Å²) < 4.78 is 43.7. The van der Waals surface area contributed by atoms with E-state index in [1.807, 2.05) is 42.5 Å². The number of anilines is 1. The molecular formula is C23H24F3N5O3S. The van der Waals surface area contributed by atoms with Crippen LogP contribution in [-0.2, 0) is 15.8 Å². The van der Waals surface area contributed by atoms with Crippen molar-refractivity contribution < 1.29 is 27.5 Å². The monoisotopic (exact) mass is 507 g/mol. The molecule has 1 aliphatic heterocycles. The fraction of sp³-hybridized carbons (Fsp3) is 0.391. The summed E-state index contributed by atoms with van der Waals surface area (Å²) in [5, 5.41) is 9.40. The fourth-order valence-electron chi connectivity index (χ4n) is 3.78. The Bertz CT molecular complexity index is 1170. The van der Waals surface area contributed by atoms with Gasteiger partial charge in [-0.25, -0.2) is 0 Å². The molecule has 35 heavy (non-hydrogen) atoms. The minimum absolute atomic E-state index is 0.0268. The van der Waals surface area contributed by atoms with Gasteiger partial charge in [-0.2, -0.15) is 13.2 Å². The minimum Gasteiger partial charge on any atom is -0.492 e. The van der Waals surface area contributed by atoms with E-state index in [9.17, 15) is 22.8 Å². The molecule has 2 heterocycles. The Morgan fingerprint density at radius 3 is 2.49 bits per heavy atom. The van der Waals surface area contributed by atoms with Crippen LogP contribution in [0.25, 0.3) is 10.8 Å². The van der Waals surface area contributed by atoms with Gasteiger partial charge < -0.3 is 15.0 Å². The van der Waals surface area contributed by atoms with Gasteiger partial charge in [-0.3, -0.25) is 14.5 Å². The minimum atomic E-state index is -4.61. The maximum atomic E-state index is 12.6. The summed E-state index contributed by atoms with van der Waals surface area (Å²) in [6.45, 7) is 3.74. The first-order valence-corrected chi connectivity index (χ1v) is 11.9. The second-order valence-corrected chi connectivity index (χ2v) is 8.98. The highest BCUT2D eigenvalue weighted by Crippen LogP contribution is 2.33. The summed E-state index contributed by atoms with van der Waals surface area (Å²) in [5.74, 6) is 0.103. The van der Waals surface area contributed by atoms with Crippen molar-refractivity contribution in [3.05, 3.63) is 47.5 Å². The quantitative estimate of drug-likeness (QED) is 0.501. The standard InChI is InChI=1S/C23H24F3N5O3S/c24-23(25,26)21-28-29-22(35-21)27-19(32)8-9-20(33)31-12-10-30(11-13-31)14-15-34-18-7-3-5-16-4-1-2-6-17(16)18/h1-7H,8-15H2,(H,27,29,32). The zero-order chi connectivity index (χ0) is 24.8. The van der Waals surface area contributed by atoms with Gasteiger partial charge in [-0.05, 0) is 11.5 Å². The van der Waals surface area contributed by atoms with Crippen molar-refractivity contribution in [1.29, 1.82) is 0 Å². The van der Waals surface area contributed by atoms with E-state index in [0.717, 1.165) is 23.1 Å². The molecule has 3 aromatic rings. The second-order valence-electron chi connectivity index (χ2n) is 8.01. The lowest BCUT2D eigenvalue weighted by Crippen LogP contribution is -2.49. The van der Waals surface area contributed by atoms with Crippen LogP contribution in [0.3, 0.4) is 0 Å². The lowest BCUT2D eigenvalue weighted by molar-refractivity contribution is -0.138. The summed E-state index contributed by atoms with van der Waals surface area (Å²) in [7, 11) is 0. The average Bonchev–Trinajstić information content (AvgIpc) is 3.32. The van der Waals surface area contributed by atoms with Gasteiger partial charge in [0.25, 0.3) is 0 Å². The predicted octanol–water partition coefficient (Wildman–Crippen LogP) is 3.65. The Balaban J connectivity index is 1.15. The van der Waals surface area contributed by atoms with Crippen LogP contribution in [0, 0.1) is 0 Å². The van der Waals surface area contributed by atoms with Gasteiger partial charge >= 0.3 is 6.18 Å². The molecule has 1 N–H and O–H groups in total. The van der Waals surface area contributed by atoms with Crippen LogP contribution in [0.15, 0.2) is 42.5 Å². The zero-order valence-corrected chi connectivity index (χ0v) is 19.6. The summed E-state index contributed by atoms with van der Waals surface area (Å²) >= 11 is 0.246. The molecule has 4 rings (SSSR count). The Hall–Kier alpha value is -3.25. The van der Waals surface area contributed by atoms with Crippen molar-refractivity contribution in [2.24, 2.45) is 0 Å². The van der Waals surface area contributed by atoms with Gasteiger partial charge in [0.15, 0.2) is 0 Å². The van der Waals surface area contributed by atoms with Crippen LogP contribution in [0.1, 0.15) is 17.8 Å². The first-order valence-electron chi connectivity index (χ1n) is 11.1. The van der Waals surface area contributed by atoms with E-state index < -0.39 is 17.1 Å². The van der Waals surface area contributed by atoms with Crippen LogP contribution in [0.5, 0.6) is 5.75 Å². The van der Waals surface area contributed by atoms with Crippen LogP contribution >= 0.6 is 11.3 Å². The van der Waals surface area contributed by atoms with Gasteiger partial charge in [-0.1, -0.05) is 47.7 Å². The Kier molecular flexibility index (Phi) is 7.81. The maximum absolute atomic E-state index is 12.6. The van der Waals surface area contributed by atoms with E-state index in [2.05, 4.69) is 20.4 Å². The number of rotatable bonds is 8. The number of carbonyl (C=O) groups excluding carboxylic acids is 2. The van der Waals surface area contributed by atoms with Gasteiger partial charge in [0.05, 0.1) is 0 Å². The number of nitrogens with zero attached hydrogens (tertiary/aromatic N) is 4. The molecule has 1 aliphatic rings. The van der Waals surface area contributed by atoms with E-state index in [1.54, 1.807) is 4.90 Å². The highest BCUT2D eigenvalue weighted by atomic mass is 32.1. The summed E-state index contributed by atoms with van der Waals surface area (Å²) in [6, 6.07) is 14.0. The summed E-state index contributed by atoms with van der Waals surface area (Å²) in [6.07, 6.45) is -4.78. The first kappa shape index (κ1) is 24.9. The number of carbonyl (C=O) groups is 2. The molecule has 0 saturated carbocycles. The van der Waals surface area contributed by atoms with Crippen molar-refractivity contribution in [3.8, 4) is 5.75 Å². The highest BCUT2D eigenvalue weighted by molar-refractivity contribution is 7.15. The van der Waals surface area contributed by atoms with E-state index in [-0.39, 0.29) is 35.2 Å². The highest BCUT2D eigenvalue weighted by Gasteiger charge is 2.35. The molecule has 1 saturated heterocycles. The lowest BCUT2D eigenvalue weighted by Gasteiger charge is -2.34. The predicted molar refractivity (Wildman–Crippen MR) is 125 cm³/mol. The third kappa shape index (κ3) is 6.67. The third-order valence-electron chi connectivity index (χ3n) is 5.62. The topological polar surface area (TPSA) is 87.7 Å². The number of halogens is 3. The SMILES string of the molecule is O=C(CCC(=O)N1CCN(CCOc2cccc3ccccc23)CC1)Nc1nnc(C(F)(F)F)s1. The molecule has 0 aliphatic carbocycles. The van der Waals surface area contributed by atoms with Gasteiger partial charge in [0.2, 0.25) is 22.0 Å². The molecule has 2 amide bonds. The van der Waals surface area contributed by atoms with Crippen molar-refractivity contribution in [1.82, 2.24) is 20.0 Å². The fourth-order valence-corrected chi connectivity index (χ4v) is 4.40. The second kappa shape index (κ2) is 11.0. The van der Waals surface area contributed by atoms with Gasteiger partial charge in [0, 0.05) is 51.0 Å². The first-order chi connectivity index (χ1) is 16.8. The number of alkyl halides is 3. The van der Waals surface area contributed by atoms with Crippen LogP contribution in [-0.4, -0.2) is 71.1 Å². The molecule has 1 fully saturated rings. The molecule has 0 spiro atoms. The number of amides is 2. The van der Waals surface area contributed by atoms with Crippen LogP contribution in [0.2, 0.25) is 0 Å². The lowest BCUT2D eigenvalue weighted by atomic mass is 10.1. The Morgan fingerprint density at radius 2 is 1.74 bits per heavy atom. The molecule has 12 heteroatoms. The molecular weight excluding hydrogens is 483 g/mol. The zero-order valence-electron chi connectivity index (χ0n) is 18.8. The Labute approximate surface area is 203 Å². The molecule has 0 unspecified atom stereocenters. The normalized spacial score (nSPS) is 14.8. The van der Waals surface area contributed by atoms with Gasteiger partial charge in [0.1, 0.15) is 12.4 Å². The third-order valence-corrected chi connectivity index (χ3v) is 6.50. The molecule has 8 nitrogen and oxygen atoms in total. The van der Waals surface area contributed by atoms with Crippen molar-refractivity contribution in [2.75, 3.05) is 44.6 Å². The number of ether oxygens (including phenoxy) is 1. The number of benzene rings is 2. The van der Waals surface area contributed by atoms with E-state index in [4.69, 9.17) is 4.74 Å². The molecule has 0 bridgehead atoms. The van der Waals surface area contributed by atoms with Crippen LogP contribution < -0.4 is 10.1 Å². The number of nitrogens with one attached hydrogen (secondary N) is 1. The van der Waals surface area contributed by atoms with E-state index in [0.29, 0.717) is 32.8 Å². The summed E-state index contributed by atoms with van der Waals surface area (Å²) in [5.41, 5.74) is 0. The smallest absolute Gasteiger partial charge is 0.445 e. The maximum Gasteiger partial charge on any atom is 0.445 e. The Morgan fingerprint density at radius 1 is 1.00 bits per heavy atom. The molecule has 186 valence electrons. The molecule has 0 radical (unpaired) electrons. The number of piperazine rings is 1. The molecule has 0 atom stereocenters. The summed E-state index contributed by atoms with van der Waals surface area (Å²) in [4.78, 5) is 28.3. The van der Waals surface area contributed by atoms with Crippen molar-refractivity contribution >= 4 is 39.1 Å². The largest absolute Gasteiger partial charge is 0.492 e. The number of aromatic nitrogens is 2. The van der Waals surface area contributed by atoms with Crippen molar-refractivity contribution in [2.45, 2.75) is 19.0 Å². The number of hydrogen-bond acceptors (Lipinski definition) is 7. The van der Waals surface area contributed by atoms with Crippen LogP contribution in [0.4, 0.5) is 18.3 Å². The number of hydrogen-bond donors (Lipinski definition) is 1. The van der Waals surface area contributed by atoms with E-state index >= 15 is 0 Å². The van der Waals surface area contributed by atoms with Crippen molar-refractivity contribution in [3.63, 3.8) is 0 Å². The molecule has 1 aromatic heterocycles.